The highest BCUT2D eigenvalue weighted by Crippen LogP contribution is 2.31. The third-order valence-corrected chi connectivity index (χ3v) is 3.23. The summed E-state index contributed by atoms with van der Waals surface area (Å²) in [4.78, 5) is 4.23. The van der Waals surface area contributed by atoms with Gasteiger partial charge in [0.25, 0.3) is 0 Å². The zero-order valence-corrected chi connectivity index (χ0v) is 11.4. The van der Waals surface area contributed by atoms with Crippen LogP contribution in [0.4, 0.5) is 4.39 Å². The Balaban J connectivity index is 1.85. The molecule has 94 valence electrons. The number of hydrogen-bond acceptors (Lipinski definition) is 3. The second kappa shape index (κ2) is 4.51. The van der Waals surface area contributed by atoms with Crippen LogP contribution in [-0.4, -0.2) is 14.8 Å². The Morgan fingerprint density at radius 2 is 2.28 bits per heavy atom. The molecule has 4 nitrogen and oxygen atoms in total. The molecule has 1 aromatic carbocycles. The molecule has 0 bridgehead atoms. The maximum Gasteiger partial charge on any atom is 0.217 e. The number of halogens is 3. The van der Waals surface area contributed by atoms with Gasteiger partial charge in [-0.25, -0.2) is 14.1 Å². The lowest BCUT2D eigenvalue weighted by molar-refractivity contribution is 0.202. The zero-order chi connectivity index (χ0) is 12.7. The third-order valence-electron chi connectivity index (χ3n) is 2.68. The van der Waals surface area contributed by atoms with Crippen LogP contribution in [0.3, 0.4) is 0 Å². The zero-order valence-electron chi connectivity index (χ0n) is 9.11. The Kier molecular flexibility index (Phi) is 2.99. The van der Waals surface area contributed by atoms with E-state index in [1.807, 2.05) is 0 Å². The van der Waals surface area contributed by atoms with Crippen LogP contribution in [0, 0.1) is 5.82 Å². The smallest absolute Gasteiger partial charge is 0.217 e. The van der Waals surface area contributed by atoms with Crippen LogP contribution >= 0.6 is 27.5 Å². The van der Waals surface area contributed by atoms with Gasteiger partial charge in [-0.05, 0) is 28.1 Å². The van der Waals surface area contributed by atoms with E-state index in [1.165, 1.54) is 12.1 Å². The second-order valence-corrected chi connectivity index (χ2v) is 5.11. The predicted molar refractivity (Wildman–Crippen MR) is 67.1 cm³/mol. The highest BCUT2D eigenvalue weighted by Gasteiger charge is 2.28. The number of hydrogen-bond donors (Lipinski definition) is 0. The second-order valence-electron chi connectivity index (χ2n) is 3.96. The molecule has 1 aromatic heterocycles. The van der Waals surface area contributed by atoms with E-state index in [0.29, 0.717) is 15.5 Å². The summed E-state index contributed by atoms with van der Waals surface area (Å²) in [5.41, 5.74) is 0. The van der Waals surface area contributed by atoms with Gasteiger partial charge in [0.05, 0.1) is 0 Å². The molecule has 0 aliphatic carbocycles. The number of aryl methyl sites for hydroxylation is 1. The minimum Gasteiger partial charge on any atom is -0.482 e. The molecule has 0 spiro atoms. The van der Waals surface area contributed by atoms with Gasteiger partial charge in [-0.3, -0.25) is 0 Å². The van der Waals surface area contributed by atoms with Gasteiger partial charge in [-0.1, -0.05) is 11.6 Å². The van der Waals surface area contributed by atoms with Crippen molar-refractivity contribution >= 4 is 27.5 Å². The van der Waals surface area contributed by atoms with Crippen molar-refractivity contribution in [2.75, 3.05) is 0 Å². The van der Waals surface area contributed by atoms with Crippen LogP contribution in [0.1, 0.15) is 18.3 Å². The number of benzene rings is 1. The minimum atomic E-state index is -0.418. The number of nitrogens with zero attached hydrogens (tertiary/aromatic N) is 3. The lowest BCUT2D eigenvalue weighted by Gasteiger charge is -2.12. The molecule has 0 saturated carbocycles. The first-order chi connectivity index (χ1) is 8.61. The van der Waals surface area contributed by atoms with E-state index in [0.717, 1.165) is 18.8 Å². The number of aromatic nitrogens is 3. The standard InChI is InChI=1S/C11H8BrClFN3O/c12-11-15-10-9(1-2-17(10)16-11)18-8-4-6(13)3-7(14)5-8/h3-5,9H,1-2H2. The maximum absolute atomic E-state index is 13.2. The van der Waals surface area contributed by atoms with Crippen molar-refractivity contribution in [3.8, 4) is 5.75 Å². The Morgan fingerprint density at radius 1 is 1.44 bits per heavy atom. The quantitative estimate of drug-likeness (QED) is 0.846. The van der Waals surface area contributed by atoms with E-state index in [9.17, 15) is 4.39 Å². The molecule has 2 heterocycles. The SMILES string of the molecule is Fc1cc(Cl)cc(OC2CCn3nc(Br)nc32)c1. The topological polar surface area (TPSA) is 39.9 Å². The summed E-state index contributed by atoms with van der Waals surface area (Å²) in [5.74, 6) is 0.720. The molecule has 1 unspecified atom stereocenters. The average Bonchev–Trinajstić information content (AvgIpc) is 2.78. The van der Waals surface area contributed by atoms with Crippen LogP contribution in [0.2, 0.25) is 5.02 Å². The molecule has 0 amide bonds. The normalized spacial score (nSPS) is 17.8. The van der Waals surface area contributed by atoms with Crippen molar-refractivity contribution in [2.45, 2.75) is 19.1 Å². The van der Waals surface area contributed by atoms with E-state index in [1.54, 1.807) is 10.7 Å². The van der Waals surface area contributed by atoms with Gasteiger partial charge < -0.3 is 4.74 Å². The van der Waals surface area contributed by atoms with Gasteiger partial charge in [-0.2, -0.15) is 0 Å². The molecular formula is C11H8BrClFN3O. The Morgan fingerprint density at radius 3 is 3.06 bits per heavy atom. The average molecular weight is 333 g/mol. The molecular weight excluding hydrogens is 324 g/mol. The fraction of sp³-hybridized carbons (Fsp3) is 0.273. The number of rotatable bonds is 2. The summed E-state index contributed by atoms with van der Waals surface area (Å²) < 4.78 is 21.2. The summed E-state index contributed by atoms with van der Waals surface area (Å²) in [7, 11) is 0. The van der Waals surface area contributed by atoms with E-state index in [-0.39, 0.29) is 6.10 Å². The summed E-state index contributed by atoms with van der Waals surface area (Å²) >= 11 is 8.99. The van der Waals surface area contributed by atoms with Gasteiger partial charge >= 0.3 is 0 Å². The van der Waals surface area contributed by atoms with Crippen molar-refractivity contribution in [1.29, 1.82) is 0 Å². The first kappa shape index (κ1) is 11.9. The van der Waals surface area contributed by atoms with E-state index < -0.39 is 5.82 Å². The van der Waals surface area contributed by atoms with Gasteiger partial charge in [0.1, 0.15) is 11.6 Å². The molecule has 18 heavy (non-hydrogen) atoms. The first-order valence-electron chi connectivity index (χ1n) is 5.35. The van der Waals surface area contributed by atoms with Crippen LogP contribution in [0.25, 0.3) is 0 Å². The molecule has 1 atom stereocenters. The molecule has 7 heteroatoms. The number of fused-ring (bicyclic) bond motifs is 1. The fourth-order valence-corrected chi connectivity index (χ4v) is 2.55. The van der Waals surface area contributed by atoms with Crippen molar-refractivity contribution in [2.24, 2.45) is 0 Å². The predicted octanol–water partition coefficient (Wildman–Crippen LogP) is 3.36. The molecule has 0 radical (unpaired) electrons. The fourth-order valence-electron chi connectivity index (χ4n) is 1.97. The van der Waals surface area contributed by atoms with E-state index in [4.69, 9.17) is 16.3 Å². The van der Waals surface area contributed by atoms with Crippen LogP contribution in [0.15, 0.2) is 22.9 Å². The highest BCUT2D eigenvalue weighted by atomic mass is 79.9. The Hall–Kier alpha value is -1.14. The number of ether oxygens (including phenoxy) is 1. The summed E-state index contributed by atoms with van der Waals surface area (Å²) in [6.07, 6.45) is 0.540. The summed E-state index contributed by atoms with van der Waals surface area (Å²) in [6.45, 7) is 0.738. The van der Waals surface area contributed by atoms with Crippen molar-refractivity contribution in [3.05, 3.63) is 39.6 Å². The minimum absolute atomic E-state index is 0.221. The van der Waals surface area contributed by atoms with Crippen LogP contribution < -0.4 is 4.74 Å². The lowest BCUT2D eigenvalue weighted by atomic mass is 10.3. The Bertz CT molecular complexity index is 584. The van der Waals surface area contributed by atoms with E-state index in [2.05, 4.69) is 26.0 Å². The van der Waals surface area contributed by atoms with Crippen LogP contribution in [0.5, 0.6) is 5.75 Å². The van der Waals surface area contributed by atoms with Crippen molar-refractivity contribution in [3.63, 3.8) is 0 Å². The monoisotopic (exact) mass is 331 g/mol. The molecule has 0 N–H and O–H groups in total. The first-order valence-corrected chi connectivity index (χ1v) is 6.52. The maximum atomic E-state index is 13.2. The summed E-state index contributed by atoms with van der Waals surface area (Å²) in [5, 5.41) is 4.47. The van der Waals surface area contributed by atoms with E-state index >= 15 is 0 Å². The molecule has 0 fully saturated rings. The molecule has 1 aliphatic rings. The largest absolute Gasteiger partial charge is 0.482 e. The van der Waals surface area contributed by atoms with Crippen molar-refractivity contribution in [1.82, 2.24) is 14.8 Å². The highest BCUT2D eigenvalue weighted by molar-refractivity contribution is 9.10. The molecule has 3 rings (SSSR count). The molecule has 2 aromatic rings. The Labute approximate surface area is 116 Å². The van der Waals surface area contributed by atoms with Gasteiger partial charge in [0.15, 0.2) is 11.9 Å². The lowest BCUT2D eigenvalue weighted by Crippen LogP contribution is -2.05. The molecule has 0 saturated heterocycles. The van der Waals surface area contributed by atoms with Gasteiger partial charge in [0, 0.05) is 24.1 Å². The van der Waals surface area contributed by atoms with Gasteiger partial charge in [-0.15, -0.1) is 5.10 Å². The van der Waals surface area contributed by atoms with Crippen molar-refractivity contribution < 1.29 is 9.13 Å². The van der Waals surface area contributed by atoms with Gasteiger partial charge in [0.2, 0.25) is 4.73 Å². The summed E-state index contributed by atoms with van der Waals surface area (Å²) in [6, 6.07) is 4.13. The third kappa shape index (κ3) is 2.22. The van der Waals surface area contributed by atoms with Crippen LogP contribution in [-0.2, 0) is 6.54 Å². The molecule has 1 aliphatic heterocycles.